The number of aryl methyl sites for hydroxylation is 1. The highest BCUT2D eigenvalue weighted by Gasteiger charge is 2.14. The number of carboxylic acid groups (broad SMARTS) is 1. The van der Waals surface area contributed by atoms with Gasteiger partial charge in [-0.1, -0.05) is 6.92 Å². The Labute approximate surface area is 106 Å². The molecule has 2 N–H and O–H groups in total. The minimum atomic E-state index is -1.03. The summed E-state index contributed by atoms with van der Waals surface area (Å²) in [5.74, 6) is -0.256. The van der Waals surface area contributed by atoms with Gasteiger partial charge in [0.05, 0.1) is 6.54 Å². The van der Waals surface area contributed by atoms with Gasteiger partial charge in [0.1, 0.15) is 17.1 Å². The molecule has 18 heavy (non-hydrogen) atoms. The third-order valence-corrected chi connectivity index (χ3v) is 2.52. The van der Waals surface area contributed by atoms with Gasteiger partial charge in [-0.15, -0.1) is 0 Å². The Morgan fingerprint density at radius 3 is 2.67 bits per heavy atom. The second-order valence-electron chi connectivity index (χ2n) is 4.07. The van der Waals surface area contributed by atoms with Crippen molar-refractivity contribution in [2.24, 2.45) is 0 Å². The largest absolute Gasteiger partial charge is 0.478 e. The number of urea groups is 1. The quantitative estimate of drug-likeness (QED) is 0.839. The van der Waals surface area contributed by atoms with Crippen molar-refractivity contribution >= 4 is 12.0 Å². The summed E-state index contributed by atoms with van der Waals surface area (Å²) in [6, 6.07) is 1.22. The lowest BCUT2D eigenvalue weighted by Gasteiger charge is -2.16. The summed E-state index contributed by atoms with van der Waals surface area (Å²) < 4.78 is 5.25. The molecular weight excluding hydrogens is 236 g/mol. The Hall–Kier alpha value is -1.98. The fraction of sp³-hybridized carbons (Fsp3) is 0.500. The van der Waals surface area contributed by atoms with Crippen LogP contribution in [0.5, 0.6) is 0 Å². The Morgan fingerprint density at radius 1 is 1.50 bits per heavy atom. The van der Waals surface area contributed by atoms with E-state index in [1.807, 2.05) is 6.92 Å². The summed E-state index contributed by atoms with van der Waals surface area (Å²) in [5, 5.41) is 11.5. The first kappa shape index (κ1) is 14.1. The van der Waals surface area contributed by atoms with Crippen molar-refractivity contribution < 1.29 is 19.1 Å². The number of hydrogen-bond acceptors (Lipinski definition) is 3. The molecule has 1 heterocycles. The van der Waals surface area contributed by atoms with E-state index < -0.39 is 5.97 Å². The van der Waals surface area contributed by atoms with Crippen LogP contribution in [0, 0.1) is 6.92 Å². The molecule has 0 radical (unpaired) electrons. The lowest BCUT2D eigenvalue weighted by Crippen LogP contribution is -2.37. The van der Waals surface area contributed by atoms with Gasteiger partial charge in [-0.05, 0) is 19.4 Å². The van der Waals surface area contributed by atoms with Crippen molar-refractivity contribution in [1.82, 2.24) is 10.2 Å². The summed E-state index contributed by atoms with van der Waals surface area (Å²) in [6.07, 6.45) is 0.882. The first-order valence-electron chi connectivity index (χ1n) is 5.77. The van der Waals surface area contributed by atoms with Crippen LogP contribution in [0.25, 0.3) is 0 Å². The van der Waals surface area contributed by atoms with E-state index in [4.69, 9.17) is 9.52 Å². The van der Waals surface area contributed by atoms with Gasteiger partial charge in [0, 0.05) is 13.6 Å². The average Bonchev–Trinajstić information content (AvgIpc) is 2.68. The van der Waals surface area contributed by atoms with Crippen LogP contribution in [-0.2, 0) is 6.54 Å². The lowest BCUT2D eigenvalue weighted by molar-refractivity contribution is 0.0695. The minimum Gasteiger partial charge on any atom is -0.478 e. The first-order chi connectivity index (χ1) is 8.45. The zero-order valence-electron chi connectivity index (χ0n) is 10.8. The summed E-state index contributed by atoms with van der Waals surface area (Å²) in [7, 11) is 1.70. The van der Waals surface area contributed by atoms with E-state index >= 15 is 0 Å². The predicted octanol–water partition coefficient (Wildman–Crippen LogP) is 1.84. The summed E-state index contributed by atoms with van der Waals surface area (Å²) >= 11 is 0. The molecule has 0 fully saturated rings. The highest BCUT2D eigenvalue weighted by Crippen LogP contribution is 2.14. The summed E-state index contributed by atoms with van der Waals surface area (Å²) in [6.45, 7) is 4.42. The maximum atomic E-state index is 11.6. The zero-order chi connectivity index (χ0) is 13.7. The van der Waals surface area contributed by atoms with Crippen molar-refractivity contribution in [2.45, 2.75) is 26.8 Å². The van der Waals surface area contributed by atoms with Crippen molar-refractivity contribution in [3.63, 3.8) is 0 Å². The number of furan rings is 1. The molecule has 0 aliphatic carbocycles. The smallest absolute Gasteiger partial charge is 0.339 e. The van der Waals surface area contributed by atoms with Crippen molar-refractivity contribution in [3.8, 4) is 0 Å². The molecule has 6 nitrogen and oxygen atoms in total. The van der Waals surface area contributed by atoms with Crippen LogP contribution >= 0.6 is 0 Å². The molecule has 0 spiro atoms. The number of nitrogens with one attached hydrogen (secondary N) is 1. The van der Waals surface area contributed by atoms with E-state index in [0.29, 0.717) is 18.1 Å². The number of carboxylic acids is 1. The standard InChI is InChI=1S/C12H18N2O4/c1-4-5-14(3)12(17)13-7-9-6-10(11(15)16)8(2)18-9/h6H,4-5,7H2,1-3H3,(H,13,17)(H,15,16). The molecule has 1 aromatic heterocycles. The number of hydrogen-bond donors (Lipinski definition) is 2. The van der Waals surface area contributed by atoms with E-state index in [9.17, 15) is 9.59 Å². The van der Waals surface area contributed by atoms with Crippen molar-refractivity contribution in [1.29, 1.82) is 0 Å². The van der Waals surface area contributed by atoms with Crippen molar-refractivity contribution in [2.75, 3.05) is 13.6 Å². The van der Waals surface area contributed by atoms with Crippen LogP contribution in [0.1, 0.15) is 35.2 Å². The molecule has 1 aromatic rings. The van der Waals surface area contributed by atoms with E-state index in [0.717, 1.165) is 6.42 Å². The first-order valence-corrected chi connectivity index (χ1v) is 5.77. The van der Waals surface area contributed by atoms with Gasteiger partial charge >= 0.3 is 12.0 Å². The number of nitrogens with zero attached hydrogens (tertiary/aromatic N) is 1. The van der Waals surface area contributed by atoms with Gasteiger partial charge in [0.2, 0.25) is 0 Å². The molecule has 6 heteroatoms. The second-order valence-corrected chi connectivity index (χ2v) is 4.07. The Morgan fingerprint density at radius 2 is 2.17 bits per heavy atom. The van der Waals surface area contributed by atoms with Gasteiger partial charge in [0.15, 0.2) is 0 Å². The monoisotopic (exact) mass is 254 g/mol. The Balaban J connectivity index is 2.56. The van der Waals surface area contributed by atoms with Crippen LogP contribution in [0.3, 0.4) is 0 Å². The number of aromatic carboxylic acids is 1. The normalized spacial score (nSPS) is 10.2. The molecule has 0 aliphatic heterocycles. The van der Waals surface area contributed by atoms with Crippen molar-refractivity contribution in [3.05, 3.63) is 23.2 Å². The fourth-order valence-corrected chi connectivity index (χ4v) is 1.58. The van der Waals surface area contributed by atoms with Crippen LogP contribution in [0.4, 0.5) is 4.79 Å². The summed E-state index contributed by atoms with van der Waals surface area (Å²) in [4.78, 5) is 24.0. The highest BCUT2D eigenvalue weighted by molar-refractivity contribution is 5.88. The molecule has 0 atom stereocenters. The maximum Gasteiger partial charge on any atom is 0.339 e. The van der Waals surface area contributed by atoms with Crippen LogP contribution in [0.2, 0.25) is 0 Å². The second kappa shape index (κ2) is 6.09. The third kappa shape index (κ3) is 3.51. The zero-order valence-corrected chi connectivity index (χ0v) is 10.8. The Kier molecular flexibility index (Phi) is 4.76. The highest BCUT2D eigenvalue weighted by atomic mass is 16.4. The molecular formula is C12H18N2O4. The predicted molar refractivity (Wildman–Crippen MR) is 65.6 cm³/mol. The molecule has 0 aliphatic rings. The molecule has 1 rings (SSSR count). The number of rotatable bonds is 5. The van der Waals surface area contributed by atoms with Crippen LogP contribution < -0.4 is 5.32 Å². The lowest BCUT2D eigenvalue weighted by atomic mass is 10.2. The van der Waals surface area contributed by atoms with Crippen LogP contribution in [0.15, 0.2) is 10.5 Å². The van der Waals surface area contributed by atoms with Gasteiger partial charge in [-0.25, -0.2) is 9.59 Å². The molecule has 0 aromatic carbocycles. The van der Waals surface area contributed by atoms with E-state index in [1.54, 1.807) is 18.9 Å². The average molecular weight is 254 g/mol. The van der Waals surface area contributed by atoms with Crippen LogP contribution in [-0.4, -0.2) is 35.6 Å². The van der Waals surface area contributed by atoms with E-state index in [2.05, 4.69) is 5.32 Å². The fourth-order valence-electron chi connectivity index (χ4n) is 1.58. The number of amides is 2. The molecule has 0 unspecified atom stereocenters. The summed E-state index contributed by atoms with van der Waals surface area (Å²) in [5.41, 5.74) is 0.126. The topological polar surface area (TPSA) is 82.8 Å². The van der Waals surface area contributed by atoms with Gasteiger partial charge in [0.25, 0.3) is 0 Å². The molecule has 0 saturated heterocycles. The molecule has 0 bridgehead atoms. The minimum absolute atomic E-state index is 0.126. The van der Waals surface area contributed by atoms with E-state index in [1.165, 1.54) is 6.07 Å². The molecule has 100 valence electrons. The Bertz CT molecular complexity index is 439. The SMILES string of the molecule is CCCN(C)C(=O)NCc1cc(C(=O)O)c(C)o1. The molecule has 0 saturated carbocycles. The van der Waals surface area contributed by atoms with Gasteiger partial charge < -0.3 is 19.7 Å². The van der Waals surface area contributed by atoms with E-state index in [-0.39, 0.29) is 18.1 Å². The number of carbonyl (C=O) groups excluding carboxylic acids is 1. The maximum absolute atomic E-state index is 11.6. The molecule has 2 amide bonds. The van der Waals surface area contributed by atoms with Gasteiger partial charge in [-0.3, -0.25) is 0 Å². The third-order valence-electron chi connectivity index (χ3n) is 2.52. The van der Waals surface area contributed by atoms with Gasteiger partial charge in [-0.2, -0.15) is 0 Å². The number of carbonyl (C=O) groups is 2.